The Morgan fingerprint density at radius 3 is 2.58 bits per heavy atom. The number of halogens is 1. The first-order valence-electron chi connectivity index (χ1n) is 6.83. The molecule has 2 nitrogen and oxygen atoms in total. The van der Waals surface area contributed by atoms with E-state index in [1.807, 2.05) is 6.92 Å². The van der Waals surface area contributed by atoms with Gasteiger partial charge in [0.05, 0.1) is 6.10 Å². The third-order valence-electron chi connectivity index (χ3n) is 3.13. The summed E-state index contributed by atoms with van der Waals surface area (Å²) in [6.45, 7) is 9.29. The van der Waals surface area contributed by atoms with Crippen molar-refractivity contribution in [2.24, 2.45) is 0 Å². The number of aliphatic hydroxyl groups is 1. The van der Waals surface area contributed by atoms with Crippen LogP contribution in [0.1, 0.15) is 45.7 Å². The standard InChI is InChI=1S/C15H24BrNOS/c1-5-8-17-10(2)14-7-6-13(16)9-15(14)19-12(4)11(3)18/h6-7,9-12,17-18H,5,8H2,1-4H3. The molecule has 0 aliphatic heterocycles. The highest BCUT2D eigenvalue weighted by atomic mass is 79.9. The normalized spacial score (nSPS) is 16.1. The Morgan fingerprint density at radius 1 is 1.32 bits per heavy atom. The van der Waals surface area contributed by atoms with Crippen molar-refractivity contribution in [2.75, 3.05) is 6.54 Å². The Morgan fingerprint density at radius 2 is 2.00 bits per heavy atom. The molecular weight excluding hydrogens is 322 g/mol. The molecule has 108 valence electrons. The highest BCUT2D eigenvalue weighted by Crippen LogP contribution is 2.34. The number of aliphatic hydroxyl groups excluding tert-OH is 1. The third kappa shape index (κ3) is 5.46. The van der Waals surface area contributed by atoms with Crippen molar-refractivity contribution in [3.63, 3.8) is 0 Å². The minimum Gasteiger partial charge on any atom is -0.392 e. The summed E-state index contributed by atoms with van der Waals surface area (Å²) in [7, 11) is 0. The Kier molecular flexibility index (Phi) is 7.44. The predicted molar refractivity (Wildman–Crippen MR) is 87.9 cm³/mol. The Hall–Kier alpha value is -0.0300. The monoisotopic (exact) mass is 345 g/mol. The molecule has 19 heavy (non-hydrogen) atoms. The molecule has 4 heteroatoms. The molecule has 0 aromatic heterocycles. The van der Waals surface area contributed by atoms with Crippen LogP contribution < -0.4 is 5.32 Å². The molecule has 0 saturated carbocycles. The van der Waals surface area contributed by atoms with Crippen LogP contribution in [0.15, 0.2) is 27.6 Å². The summed E-state index contributed by atoms with van der Waals surface area (Å²) in [6, 6.07) is 6.71. The number of hydrogen-bond acceptors (Lipinski definition) is 3. The molecular formula is C15H24BrNOS. The van der Waals surface area contributed by atoms with Crippen molar-refractivity contribution in [3.05, 3.63) is 28.2 Å². The SMILES string of the molecule is CCCNC(C)c1ccc(Br)cc1SC(C)C(C)O. The summed E-state index contributed by atoms with van der Waals surface area (Å²) in [5.41, 5.74) is 1.30. The largest absolute Gasteiger partial charge is 0.392 e. The highest BCUT2D eigenvalue weighted by Gasteiger charge is 2.16. The van der Waals surface area contributed by atoms with E-state index in [1.54, 1.807) is 11.8 Å². The summed E-state index contributed by atoms with van der Waals surface area (Å²) in [5, 5.41) is 13.4. The lowest BCUT2D eigenvalue weighted by molar-refractivity contribution is 0.196. The zero-order valence-electron chi connectivity index (χ0n) is 12.1. The van der Waals surface area contributed by atoms with Crippen molar-refractivity contribution >= 4 is 27.7 Å². The molecule has 0 spiro atoms. The number of nitrogens with one attached hydrogen (secondary N) is 1. The Balaban J connectivity index is 2.90. The number of rotatable bonds is 7. The molecule has 0 aliphatic rings. The van der Waals surface area contributed by atoms with Crippen molar-refractivity contribution < 1.29 is 5.11 Å². The first kappa shape index (κ1) is 17.0. The van der Waals surface area contributed by atoms with E-state index in [-0.39, 0.29) is 11.4 Å². The fourth-order valence-corrected chi connectivity index (χ4v) is 3.42. The van der Waals surface area contributed by atoms with E-state index in [4.69, 9.17) is 0 Å². The smallest absolute Gasteiger partial charge is 0.0631 e. The van der Waals surface area contributed by atoms with Gasteiger partial charge in [0.15, 0.2) is 0 Å². The van der Waals surface area contributed by atoms with Crippen LogP contribution in [0.25, 0.3) is 0 Å². The summed E-state index contributed by atoms with van der Waals surface area (Å²) < 4.78 is 1.08. The predicted octanol–water partition coefficient (Wildman–Crippen LogP) is 4.37. The molecule has 0 fully saturated rings. The van der Waals surface area contributed by atoms with Gasteiger partial charge < -0.3 is 10.4 Å². The minimum absolute atomic E-state index is 0.187. The van der Waals surface area contributed by atoms with Gasteiger partial charge in [-0.2, -0.15) is 0 Å². The Bertz CT molecular complexity index is 398. The molecule has 3 atom stereocenters. The Labute approximate surface area is 129 Å². The van der Waals surface area contributed by atoms with Gasteiger partial charge in [-0.05, 0) is 44.5 Å². The van der Waals surface area contributed by atoms with Crippen LogP contribution in [0.5, 0.6) is 0 Å². The van der Waals surface area contributed by atoms with Gasteiger partial charge in [-0.15, -0.1) is 11.8 Å². The van der Waals surface area contributed by atoms with Crippen LogP contribution in [0.2, 0.25) is 0 Å². The summed E-state index contributed by atoms with van der Waals surface area (Å²) in [6.07, 6.45) is 0.823. The first-order valence-corrected chi connectivity index (χ1v) is 8.50. The maximum Gasteiger partial charge on any atom is 0.0631 e. The second-order valence-corrected chi connectivity index (χ2v) is 7.26. The minimum atomic E-state index is -0.310. The third-order valence-corrected chi connectivity index (χ3v) is 5.00. The van der Waals surface area contributed by atoms with Crippen LogP contribution in [-0.4, -0.2) is 23.0 Å². The van der Waals surface area contributed by atoms with Crippen molar-refractivity contribution in [3.8, 4) is 0 Å². The summed E-state index contributed by atoms with van der Waals surface area (Å²) in [5.74, 6) is 0. The maximum atomic E-state index is 9.67. The first-order chi connectivity index (χ1) is 8.95. The average Bonchev–Trinajstić information content (AvgIpc) is 2.36. The lowest BCUT2D eigenvalue weighted by Gasteiger charge is -2.21. The van der Waals surface area contributed by atoms with Gasteiger partial charge in [-0.25, -0.2) is 0 Å². The van der Waals surface area contributed by atoms with Gasteiger partial charge in [-0.1, -0.05) is 35.8 Å². The molecule has 0 aliphatic carbocycles. The van der Waals surface area contributed by atoms with Gasteiger partial charge in [-0.3, -0.25) is 0 Å². The van der Waals surface area contributed by atoms with E-state index in [9.17, 15) is 5.11 Å². The number of benzene rings is 1. The van der Waals surface area contributed by atoms with E-state index in [1.165, 1.54) is 10.5 Å². The quantitative estimate of drug-likeness (QED) is 0.719. The average molecular weight is 346 g/mol. The zero-order chi connectivity index (χ0) is 14.4. The number of hydrogen-bond donors (Lipinski definition) is 2. The summed E-state index contributed by atoms with van der Waals surface area (Å²) in [4.78, 5) is 1.24. The van der Waals surface area contributed by atoms with Crippen LogP contribution in [0.4, 0.5) is 0 Å². The lowest BCUT2D eigenvalue weighted by atomic mass is 10.1. The molecule has 1 aromatic carbocycles. The molecule has 0 heterocycles. The van der Waals surface area contributed by atoms with E-state index < -0.39 is 0 Å². The molecule has 0 radical (unpaired) electrons. The van der Waals surface area contributed by atoms with Crippen LogP contribution >= 0.6 is 27.7 Å². The van der Waals surface area contributed by atoms with Crippen molar-refractivity contribution in [1.82, 2.24) is 5.32 Å². The topological polar surface area (TPSA) is 32.3 Å². The summed E-state index contributed by atoms with van der Waals surface area (Å²) >= 11 is 5.26. The second-order valence-electron chi connectivity index (χ2n) is 4.92. The molecule has 1 rings (SSSR count). The van der Waals surface area contributed by atoms with Crippen LogP contribution in [-0.2, 0) is 0 Å². The fraction of sp³-hybridized carbons (Fsp3) is 0.600. The number of thioether (sulfide) groups is 1. The van der Waals surface area contributed by atoms with Gasteiger partial charge in [0.25, 0.3) is 0 Å². The molecule has 0 amide bonds. The van der Waals surface area contributed by atoms with Crippen LogP contribution in [0, 0.1) is 0 Å². The second kappa shape index (κ2) is 8.30. The molecule has 0 saturated heterocycles. The zero-order valence-corrected chi connectivity index (χ0v) is 14.5. The van der Waals surface area contributed by atoms with Gasteiger partial charge in [0.2, 0.25) is 0 Å². The maximum absolute atomic E-state index is 9.67. The highest BCUT2D eigenvalue weighted by molar-refractivity contribution is 9.10. The van der Waals surface area contributed by atoms with Crippen molar-refractivity contribution in [2.45, 2.75) is 56.4 Å². The van der Waals surface area contributed by atoms with E-state index in [0.29, 0.717) is 6.04 Å². The van der Waals surface area contributed by atoms with Crippen LogP contribution in [0.3, 0.4) is 0 Å². The molecule has 2 N–H and O–H groups in total. The lowest BCUT2D eigenvalue weighted by Crippen LogP contribution is -2.21. The van der Waals surface area contributed by atoms with Crippen molar-refractivity contribution in [1.29, 1.82) is 0 Å². The van der Waals surface area contributed by atoms with Gasteiger partial charge >= 0.3 is 0 Å². The molecule has 3 unspecified atom stereocenters. The van der Waals surface area contributed by atoms with Gasteiger partial charge in [0.1, 0.15) is 0 Å². The van der Waals surface area contributed by atoms with Gasteiger partial charge in [0, 0.05) is 20.7 Å². The van der Waals surface area contributed by atoms with E-state index >= 15 is 0 Å². The molecule has 0 bridgehead atoms. The fourth-order valence-electron chi connectivity index (χ4n) is 1.74. The van der Waals surface area contributed by atoms with E-state index in [2.05, 4.69) is 60.2 Å². The molecule has 1 aromatic rings. The van der Waals surface area contributed by atoms with E-state index in [0.717, 1.165) is 17.4 Å².